The van der Waals surface area contributed by atoms with E-state index in [-0.39, 0.29) is 5.41 Å². The van der Waals surface area contributed by atoms with Gasteiger partial charge in [-0.3, -0.25) is 0 Å². The fraction of sp³-hybridized carbons (Fsp3) is 0.0492. The van der Waals surface area contributed by atoms with Crippen LogP contribution in [-0.2, 0) is 5.41 Å². The molecule has 11 aromatic rings. The second kappa shape index (κ2) is 14.8. The lowest BCUT2D eigenvalue weighted by molar-refractivity contribution is 0.660. The normalized spacial score (nSPS) is 12.7. The minimum atomic E-state index is -0.0990. The average Bonchev–Trinajstić information content (AvgIpc) is 3.84. The van der Waals surface area contributed by atoms with E-state index < -0.39 is 0 Å². The molecule has 1 aromatic heterocycles. The zero-order chi connectivity index (χ0) is 42.1. The van der Waals surface area contributed by atoms with Gasteiger partial charge >= 0.3 is 0 Å². The summed E-state index contributed by atoms with van der Waals surface area (Å²) in [6.45, 7) is 4.72. The van der Waals surface area contributed by atoms with E-state index >= 15 is 0 Å². The van der Waals surface area contributed by atoms with Crippen LogP contribution in [0.25, 0.3) is 86.6 Å². The summed E-state index contributed by atoms with van der Waals surface area (Å²) in [7, 11) is 0. The van der Waals surface area contributed by atoms with Gasteiger partial charge in [-0.15, -0.1) is 11.3 Å². The van der Waals surface area contributed by atoms with Gasteiger partial charge in [0.15, 0.2) is 0 Å². The number of thiophene rings is 1. The highest BCUT2D eigenvalue weighted by Gasteiger charge is 2.38. The molecule has 0 atom stereocenters. The third-order valence-electron chi connectivity index (χ3n) is 13.3. The number of hydrogen-bond acceptors (Lipinski definition) is 2. The quantitative estimate of drug-likeness (QED) is 0.155. The van der Waals surface area contributed by atoms with E-state index in [2.05, 4.69) is 243 Å². The van der Waals surface area contributed by atoms with E-state index in [1.54, 1.807) is 0 Å². The van der Waals surface area contributed by atoms with Crippen molar-refractivity contribution in [2.24, 2.45) is 0 Å². The van der Waals surface area contributed by atoms with Gasteiger partial charge in [-0.1, -0.05) is 202 Å². The summed E-state index contributed by atoms with van der Waals surface area (Å²) in [6.07, 6.45) is 0. The van der Waals surface area contributed by atoms with E-state index in [9.17, 15) is 0 Å². The fourth-order valence-electron chi connectivity index (χ4n) is 10.1. The van der Waals surface area contributed by atoms with Gasteiger partial charge in [-0.05, 0) is 108 Å². The highest BCUT2D eigenvalue weighted by Crippen LogP contribution is 2.55. The monoisotopic (exact) mass is 821 g/mol. The lowest BCUT2D eigenvalue weighted by atomic mass is 9.82. The molecule has 0 fully saturated rings. The first-order valence-corrected chi connectivity index (χ1v) is 22.6. The minimum absolute atomic E-state index is 0.0990. The molecule has 0 unspecified atom stereocenters. The van der Waals surface area contributed by atoms with Gasteiger partial charge in [-0.25, -0.2) is 0 Å². The Morgan fingerprint density at radius 3 is 1.49 bits per heavy atom. The lowest BCUT2D eigenvalue weighted by Crippen LogP contribution is -2.16. The number of fused-ring (bicyclic) bond motifs is 7. The molecule has 0 spiro atoms. The molecule has 10 aromatic carbocycles. The van der Waals surface area contributed by atoms with Crippen LogP contribution in [0.3, 0.4) is 0 Å². The van der Waals surface area contributed by atoms with Crippen LogP contribution < -0.4 is 4.90 Å². The predicted octanol–water partition coefficient (Wildman–Crippen LogP) is 17.7. The molecule has 1 heterocycles. The van der Waals surface area contributed by atoms with E-state index in [0.717, 1.165) is 5.69 Å². The fourth-order valence-corrected chi connectivity index (χ4v) is 11.2. The standard InChI is InChI=1S/C61H43NS/c1-61(2)53-18-7-5-15-51(53)59-54(61)19-10-20-55(59)62(56-21-11-23-58-60(56)52-16-6-8-22-57(52)63-58)48-38-36-45(37-39-48)43-30-28-41(29-31-43)40-24-26-42(27-25-40)44-32-34-47(35-33-44)50-17-9-13-46-12-3-4-14-49(46)50/h3-39H,1-2H3. The summed E-state index contributed by atoms with van der Waals surface area (Å²) in [5.74, 6) is 0. The van der Waals surface area contributed by atoms with Crippen molar-refractivity contribution in [1.29, 1.82) is 0 Å². The van der Waals surface area contributed by atoms with Crippen LogP contribution in [0.5, 0.6) is 0 Å². The average molecular weight is 822 g/mol. The maximum absolute atomic E-state index is 2.51. The second-order valence-corrected chi connectivity index (χ2v) is 18.3. The Labute approximate surface area is 372 Å². The van der Waals surface area contributed by atoms with Gasteiger partial charge in [0.25, 0.3) is 0 Å². The molecule has 63 heavy (non-hydrogen) atoms. The first kappa shape index (κ1) is 37.3. The molecule has 1 aliphatic rings. The third kappa shape index (κ3) is 6.21. The third-order valence-corrected chi connectivity index (χ3v) is 14.5. The highest BCUT2D eigenvalue weighted by molar-refractivity contribution is 7.26. The van der Waals surface area contributed by atoms with E-state index in [4.69, 9.17) is 0 Å². The molecule has 2 heteroatoms. The molecule has 12 rings (SSSR count). The zero-order valence-corrected chi connectivity index (χ0v) is 36.0. The number of benzene rings is 10. The van der Waals surface area contributed by atoms with Crippen molar-refractivity contribution in [3.63, 3.8) is 0 Å². The molecule has 0 saturated heterocycles. The summed E-state index contributed by atoms with van der Waals surface area (Å²) in [5, 5.41) is 5.14. The van der Waals surface area contributed by atoms with Crippen molar-refractivity contribution in [2.75, 3.05) is 4.90 Å². The van der Waals surface area contributed by atoms with Crippen molar-refractivity contribution in [3.05, 3.63) is 236 Å². The Morgan fingerprint density at radius 2 is 0.810 bits per heavy atom. The van der Waals surface area contributed by atoms with Gasteiger partial charge in [0.1, 0.15) is 0 Å². The first-order valence-electron chi connectivity index (χ1n) is 21.8. The first-order chi connectivity index (χ1) is 31.0. The van der Waals surface area contributed by atoms with E-state index in [1.807, 2.05) is 11.3 Å². The molecule has 1 nitrogen and oxygen atoms in total. The maximum Gasteiger partial charge on any atom is 0.0555 e. The molecule has 0 saturated carbocycles. The number of rotatable bonds is 7. The van der Waals surface area contributed by atoms with Crippen molar-refractivity contribution >= 4 is 59.3 Å². The molecule has 298 valence electrons. The second-order valence-electron chi connectivity index (χ2n) is 17.3. The summed E-state index contributed by atoms with van der Waals surface area (Å²) in [4.78, 5) is 2.51. The summed E-state index contributed by atoms with van der Waals surface area (Å²) in [6, 6.07) is 82.7. The number of anilines is 3. The molecule has 0 aliphatic heterocycles. The van der Waals surface area contributed by atoms with Crippen molar-refractivity contribution in [1.82, 2.24) is 0 Å². The molecule has 1 aliphatic carbocycles. The van der Waals surface area contributed by atoms with Crippen LogP contribution in [0.1, 0.15) is 25.0 Å². The smallest absolute Gasteiger partial charge is 0.0555 e. The van der Waals surface area contributed by atoms with Crippen LogP contribution in [0.15, 0.2) is 224 Å². The summed E-state index contributed by atoms with van der Waals surface area (Å²) < 4.78 is 2.60. The minimum Gasteiger partial charge on any atom is -0.309 e. The number of nitrogens with zero attached hydrogens (tertiary/aromatic N) is 1. The highest BCUT2D eigenvalue weighted by atomic mass is 32.1. The summed E-state index contributed by atoms with van der Waals surface area (Å²) >= 11 is 1.87. The van der Waals surface area contributed by atoms with Gasteiger partial charge in [0.05, 0.1) is 11.4 Å². The molecular formula is C61H43NS. The van der Waals surface area contributed by atoms with Crippen LogP contribution in [0.2, 0.25) is 0 Å². The van der Waals surface area contributed by atoms with Crippen molar-refractivity contribution in [3.8, 4) is 55.6 Å². The Hall–Kier alpha value is -7.52. The van der Waals surface area contributed by atoms with Gasteiger partial charge in [0.2, 0.25) is 0 Å². The number of hydrogen-bond donors (Lipinski definition) is 0. The maximum atomic E-state index is 2.51. The van der Waals surface area contributed by atoms with Crippen LogP contribution in [-0.4, -0.2) is 0 Å². The topological polar surface area (TPSA) is 3.24 Å². The van der Waals surface area contributed by atoms with Gasteiger partial charge in [0, 0.05) is 36.8 Å². The molecule has 0 amide bonds. The van der Waals surface area contributed by atoms with Gasteiger partial charge < -0.3 is 4.90 Å². The van der Waals surface area contributed by atoms with Crippen LogP contribution in [0.4, 0.5) is 17.1 Å². The van der Waals surface area contributed by atoms with Crippen LogP contribution in [0, 0.1) is 0 Å². The zero-order valence-electron chi connectivity index (χ0n) is 35.2. The SMILES string of the molecule is CC1(C)c2ccccc2-c2c(N(c3ccc(-c4ccc(-c5ccc(-c6ccc(-c7cccc8ccccc78)cc6)cc5)cc4)cc3)c3cccc4sc5ccccc5c34)cccc21. The van der Waals surface area contributed by atoms with Crippen molar-refractivity contribution < 1.29 is 0 Å². The summed E-state index contributed by atoms with van der Waals surface area (Å²) in [5.41, 5.74) is 18.5. The predicted molar refractivity (Wildman–Crippen MR) is 271 cm³/mol. The molecule has 0 radical (unpaired) electrons. The largest absolute Gasteiger partial charge is 0.309 e. The van der Waals surface area contributed by atoms with E-state index in [0.29, 0.717) is 0 Å². The Kier molecular flexibility index (Phi) is 8.77. The molecule has 0 N–H and O–H groups in total. The van der Waals surface area contributed by atoms with Crippen molar-refractivity contribution in [2.45, 2.75) is 19.3 Å². The Morgan fingerprint density at radius 1 is 0.349 bits per heavy atom. The lowest BCUT2D eigenvalue weighted by Gasteiger charge is -2.29. The van der Waals surface area contributed by atoms with Gasteiger partial charge in [-0.2, -0.15) is 0 Å². The van der Waals surface area contributed by atoms with E-state index in [1.165, 1.54) is 109 Å². The van der Waals surface area contributed by atoms with Crippen LogP contribution >= 0.6 is 11.3 Å². The Balaban J connectivity index is 0.861. The Bertz CT molecular complexity index is 3500. The molecule has 0 bridgehead atoms. The molecular weight excluding hydrogens is 779 g/mol.